The van der Waals surface area contributed by atoms with Gasteiger partial charge in [-0.05, 0) is 31.5 Å². The van der Waals surface area contributed by atoms with Gasteiger partial charge >= 0.3 is 5.97 Å². The lowest BCUT2D eigenvalue weighted by Crippen LogP contribution is -2.38. The number of aromatic amines is 1. The molecule has 27 heavy (non-hydrogen) atoms. The van der Waals surface area contributed by atoms with E-state index in [9.17, 15) is 20.1 Å². The molecule has 0 saturated carbocycles. The number of carbonyl (C=O) groups is 1. The van der Waals surface area contributed by atoms with E-state index in [1.807, 2.05) is 31.3 Å². The standard InChI is InChI=1S/C20H23N3O4/c1-11-3-4-17-15(5-11)13(7-22-17)6-18(20(26)27)23-9-16-14(10-24)8-21-12(2)19(16)25/h3-5,7-8,18,22-25H,6,9-10H2,1-2H3,(H,26,27)/t18-/m0/s1. The topological polar surface area (TPSA) is 118 Å². The Kier molecular flexibility index (Phi) is 5.43. The number of aliphatic carboxylic acids is 1. The largest absolute Gasteiger partial charge is 0.506 e. The molecule has 0 spiro atoms. The third-order valence-corrected chi connectivity index (χ3v) is 4.77. The first kappa shape index (κ1) is 18.9. The van der Waals surface area contributed by atoms with Crippen LogP contribution in [-0.2, 0) is 24.4 Å². The van der Waals surface area contributed by atoms with E-state index in [-0.39, 0.29) is 25.3 Å². The number of H-pyrrole nitrogens is 1. The second kappa shape index (κ2) is 7.77. The third kappa shape index (κ3) is 3.94. The van der Waals surface area contributed by atoms with Crippen LogP contribution in [0.25, 0.3) is 10.9 Å². The fraction of sp³-hybridized carbons (Fsp3) is 0.300. The molecule has 1 atom stereocenters. The molecule has 7 nitrogen and oxygen atoms in total. The Bertz CT molecular complexity index is 981. The molecular weight excluding hydrogens is 346 g/mol. The molecule has 0 aliphatic carbocycles. The highest BCUT2D eigenvalue weighted by Gasteiger charge is 2.21. The van der Waals surface area contributed by atoms with Crippen molar-refractivity contribution in [1.29, 1.82) is 0 Å². The van der Waals surface area contributed by atoms with Crippen LogP contribution in [0.15, 0.2) is 30.6 Å². The van der Waals surface area contributed by atoms with Gasteiger partial charge in [0.1, 0.15) is 11.8 Å². The number of nitrogens with zero attached hydrogens (tertiary/aromatic N) is 1. The number of rotatable bonds is 7. The predicted molar refractivity (Wildman–Crippen MR) is 102 cm³/mol. The Morgan fingerprint density at radius 3 is 2.78 bits per heavy atom. The zero-order valence-electron chi connectivity index (χ0n) is 15.3. The van der Waals surface area contributed by atoms with Crippen molar-refractivity contribution in [2.75, 3.05) is 0 Å². The number of aromatic nitrogens is 2. The third-order valence-electron chi connectivity index (χ3n) is 4.77. The minimum Gasteiger partial charge on any atom is -0.506 e. The summed E-state index contributed by atoms with van der Waals surface area (Å²) in [5.74, 6) is -1.01. The second-order valence-electron chi connectivity index (χ2n) is 6.69. The second-order valence-corrected chi connectivity index (χ2v) is 6.69. The van der Waals surface area contributed by atoms with Crippen molar-refractivity contribution in [2.45, 2.75) is 39.5 Å². The van der Waals surface area contributed by atoms with Gasteiger partial charge in [-0.3, -0.25) is 15.1 Å². The van der Waals surface area contributed by atoms with Gasteiger partial charge in [-0.15, -0.1) is 0 Å². The maximum Gasteiger partial charge on any atom is 0.321 e. The summed E-state index contributed by atoms with van der Waals surface area (Å²) in [6.45, 7) is 3.48. The molecule has 0 aliphatic rings. The number of aliphatic hydroxyl groups excluding tert-OH is 1. The average molecular weight is 369 g/mol. The highest BCUT2D eigenvalue weighted by atomic mass is 16.4. The van der Waals surface area contributed by atoms with Crippen molar-refractivity contribution >= 4 is 16.9 Å². The molecule has 0 bridgehead atoms. The normalized spacial score (nSPS) is 12.4. The molecule has 0 amide bonds. The molecule has 7 heteroatoms. The number of carboxylic acids is 1. The lowest BCUT2D eigenvalue weighted by Gasteiger charge is -2.17. The van der Waals surface area contributed by atoms with Crippen LogP contribution in [0.1, 0.15) is 27.9 Å². The number of fused-ring (bicyclic) bond motifs is 1. The van der Waals surface area contributed by atoms with Crippen molar-refractivity contribution in [3.8, 4) is 5.75 Å². The smallest absolute Gasteiger partial charge is 0.321 e. The number of carboxylic acid groups (broad SMARTS) is 1. The van der Waals surface area contributed by atoms with Gasteiger partial charge < -0.3 is 20.3 Å². The summed E-state index contributed by atoms with van der Waals surface area (Å²) >= 11 is 0. The summed E-state index contributed by atoms with van der Waals surface area (Å²) in [6, 6.07) is 5.16. The lowest BCUT2D eigenvalue weighted by atomic mass is 10.0. The van der Waals surface area contributed by atoms with Gasteiger partial charge in [-0.1, -0.05) is 11.6 Å². The fourth-order valence-corrected chi connectivity index (χ4v) is 3.17. The number of hydrogen-bond acceptors (Lipinski definition) is 5. The van der Waals surface area contributed by atoms with Crippen LogP contribution in [0, 0.1) is 13.8 Å². The minimum absolute atomic E-state index is 0.0269. The molecule has 0 radical (unpaired) electrons. The Morgan fingerprint density at radius 1 is 1.30 bits per heavy atom. The van der Waals surface area contributed by atoms with Crippen LogP contribution in [0.3, 0.4) is 0 Å². The van der Waals surface area contributed by atoms with Gasteiger partial charge in [0.05, 0.1) is 12.3 Å². The Hall–Kier alpha value is -2.90. The molecule has 0 saturated heterocycles. The Balaban J connectivity index is 1.82. The van der Waals surface area contributed by atoms with Crippen LogP contribution in [0.2, 0.25) is 0 Å². The summed E-state index contributed by atoms with van der Waals surface area (Å²) in [5.41, 5.74) is 4.34. The molecule has 2 heterocycles. The first-order valence-electron chi connectivity index (χ1n) is 8.70. The highest BCUT2D eigenvalue weighted by Crippen LogP contribution is 2.25. The van der Waals surface area contributed by atoms with Gasteiger partial charge in [-0.2, -0.15) is 0 Å². The summed E-state index contributed by atoms with van der Waals surface area (Å²) in [4.78, 5) is 18.9. The van der Waals surface area contributed by atoms with E-state index < -0.39 is 12.0 Å². The highest BCUT2D eigenvalue weighted by molar-refractivity contribution is 5.85. The van der Waals surface area contributed by atoms with E-state index in [4.69, 9.17) is 0 Å². The number of aryl methyl sites for hydroxylation is 2. The quantitative estimate of drug-likeness (QED) is 0.435. The van der Waals surface area contributed by atoms with Gasteiger partial charge in [0.25, 0.3) is 0 Å². The molecule has 3 aromatic rings. The first-order chi connectivity index (χ1) is 12.9. The molecule has 5 N–H and O–H groups in total. The molecule has 1 aromatic carbocycles. The zero-order valence-corrected chi connectivity index (χ0v) is 15.3. The van der Waals surface area contributed by atoms with Gasteiger partial charge in [0.15, 0.2) is 0 Å². The van der Waals surface area contributed by atoms with E-state index in [0.29, 0.717) is 16.8 Å². The number of benzene rings is 1. The molecule has 0 fully saturated rings. The van der Waals surface area contributed by atoms with E-state index in [1.165, 1.54) is 6.20 Å². The number of aliphatic hydroxyl groups is 1. The molecular formula is C20H23N3O4. The fourth-order valence-electron chi connectivity index (χ4n) is 3.17. The van der Waals surface area contributed by atoms with Crippen molar-refractivity contribution < 1.29 is 20.1 Å². The van der Waals surface area contributed by atoms with Crippen molar-refractivity contribution in [3.63, 3.8) is 0 Å². The van der Waals surface area contributed by atoms with E-state index in [1.54, 1.807) is 6.92 Å². The molecule has 142 valence electrons. The maximum atomic E-state index is 11.8. The number of pyridine rings is 1. The average Bonchev–Trinajstić information content (AvgIpc) is 3.03. The van der Waals surface area contributed by atoms with Crippen LogP contribution in [-0.4, -0.2) is 37.3 Å². The lowest BCUT2D eigenvalue weighted by molar-refractivity contribution is -0.139. The minimum atomic E-state index is -0.979. The monoisotopic (exact) mass is 369 g/mol. The molecule has 0 unspecified atom stereocenters. The van der Waals surface area contributed by atoms with Crippen molar-refractivity contribution in [3.05, 3.63) is 58.5 Å². The van der Waals surface area contributed by atoms with Crippen LogP contribution in [0.5, 0.6) is 5.75 Å². The first-order valence-corrected chi connectivity index (χ1v) is 8.70. The number of nitrogens with one attached hydrogen (secondary N) is 2. The van der Waals surface area contributed by atoms with E-state index >= 15 is 0 Å². The maximum absolute atomic E-state index is 11.8. The van der Waals surface area contributed by atoms with Gasteiger partial charge in [0, 0.05) is 47.4 Å². The van der Waals surface area contributed by atoms with E-state index in [0.717, 1.165) is 22.0 Å². The Labute approximate surface area is 156 Å². The summed E-state index contributed by atoms with van der Waals surface area (Å²) in [6.07, 6.45) is 3.61. The van der Waals surface area contributed by atoms with Crippen molar-refractivity contribution in [1.82, 2.24) is 15.3 Å². The predicted octanol–water partition coefficient (Wildman–Crippen LogP) is 2.16. The SMILES string of the molecule is Cc1ccc2[nH]cc(C[C@H](NCc3c(CO)cnc(C)c3O)C(=O)O)c2c1. The van der Waals surface area contributed by atoms with Gasteiger partial charge in [0.2, 0.25) is 0 Å². The zero-order chi connectivity index (χ0) is 19.6. The summed E-state index contributed by atoms with van der Waals surface area (Å²) in [5, 5.41) is 33.3. The molecule has 0 aliphatic heterocycles. The van der Waals surface area contributed by atoms with Crippen LogP contribution in [0.4, 0.5) is 0 Å². The summed E-state index contributed by atoms with van der Waals surface area (Å²) in [7, 11) is 0. The Morgan fingerprint density at radius 2 is 2.07 bits per heavy atom. The summed E-state index contributed by atoms with van der Waals surface area (Å²) < 4.78 is 0. The van der Waals surface area contributed by atoms with Crippen molar-refractivity contribution in [2.24, 2.45) is 0 Å². The van der Waals surface area contributed by atoms with Gasteiger partial charge in [-0.25, -0.2) is 0 Å². The number of aromatic hydroxyl groups is 1. The number of hydrogen-bond donors (Lipinski definition) is 5. The van der Waals surface area contributed by atoms with Crippen LogP contribution < -0.4 is 5.32 Å². The van der Waals surface area contributed by atoms with Crippen LogP contribution >= 0.6 is 0 Å². The molecule has 3 rings (SSSR count). The van der Waals surface area contributed by atoms with E-state index in [2.05, 4.69) is 15.3 Å². The molecule has 2 aromatic heterocycles.